The molecule has 1 aromatic carbocycles. The molecule has 0 aliphatic carbocycles. The van der Waals surface area contributed by atoms with Crippen molar-refractivity contribution in [2.24, 2.45) is 0 Å². The summed E-state index contributed by atoms with van der Waals surface area (Å²) in [6.45, 7) is 3.64. The zero-order valence-corrected chi connectivity index (χ0v) is 10.6. The number of imidazole rings is 1. The third-order valence-corrected chi connectivity index (χ3v) is 2.90. The predicted molar refractivity (Wildman–Crippen MR) is 68.2 cm³/mol. The molecule has 1 aromatic heterocycles. The molecule has 0 aliphatic rings. The van der Waals surface area contributed by atoms with Crippen molar-refractivity contribution in [3.8, 4) is 5.69 Å². The quantitative estimate of drug-likeness (QED) is 0.903. The van der Waals surface area contributed by atoms with Gasteiger partial charge in [0.1, 0.15) is 11.6 Å². The summed E-state index contributed by atoms with van der Waals surface area (Å²) in [6, 6.07) is 4.81. The Morgan fingerprint density at radius 3 is 2.89 bits per heavy atom. The fourth-order valence-electron chi connectivity index (χ4n) is 2.11. The second-order valence-corrected chi connectivity index (χ2v) is 4.31. The van der Waals surface area contributed by atoms with E-state index in [4.69, 9.17) is 0 Å². The number of benzene rings is 1. The molecule has 0 amide bonds. The van der Waals surface area contributed by atoms with Crippen molar-refractivity contribution in [1.29, 1.82) is 0 Å². The molecule has 0 saturated heterocycles. The number of rotatable bonds is 4. The van der Waals surface area contributed by atoms with Crippen molar-refractivity contribution < 1.29 is 9.50 Å². The normalized spacial score (nSPS) is 12.7. The first-order valence-corrected chi connectivity index (χ1v) is 6.14. The first-order valence-electron chi connectivity index (χ1n) is 6.14. The summed E-state index contributed by atoms with van der Waals surface area (Å²) in [5.41, 5.74) is 0.971. The molecule has 0 fully saturated rings. The van der Waals surface area contributed by atoms with Crippen molar-refractivity contribution in [2.75, 3.05) is 0 Å². The summed E-state index contributed by atoms with van der Waals surface area (Å²) in [7, 11) is 0. The van der Waals surface area contributed by atoms with Gasteiger partial charge in [0.2, 0.25) is 0 Å². The van der Waals surface area contributed by atoms with Crippen molar-refractivity contribution in [3.63, 3.8) is 0 Å². The van der Waals surface area contributed by atoms with Crippen LogP contribution in [0.1, 0.15) is 37.8 Å². The van der Waals surface area contributed by atoms with Gasteiger partial charge in [-0.2, -0.15) is 0 Å². The average Bonchev–Trinajstić information content (AvgIpc) is 2.76. The molecule has 18 heavy (non-hydrogen) atoms. The molecule has 1 atom stereocenters. The van der Waals surface area contributed by atoms with Gasteiger partial charge in [0, 0.05) is 24.4 Å². The molecule has 0 saturated carbocycles. The summed E-state index contributed by atoms with van der Waals surface area (Å²) in [5.74, 6) is 0.489. The molecule has 3 nitrogen and oxygen atoms in total. The third kappa shape index (κ3) is 2.29. The van der Waals surface area contributed by atoms with Crippen LogP contribution in [0.15, 0.2) is 30.6 Å². The van der Waals surface area contributed by atoms with Crippen molar-refractivity contribution in [3.05, 3.63) is 47.8 Å². The van der Waals surface area contributed by atoms with Crippen LogP contribution in [0.5, 0.6) is 0 Å². The molecule has 0 unspecified atom stereocenters. The van der Waals surface area contributed by atoms with Crippen molar-refractivity contribution in [1.82, 2.24) is 9.55 Å². The Kier molecular flexibility index (Phi) is 3.77. The van der Waals surface area contributed by atoms with E-state index in [1.165, 1.54) is 6.07 Å². The van der Waals surface area contributed by atoms with Gasteiger partial charge in [-0.05, 0) is 25.5 Å². The standard InChI is InChI=1S/C14H17FN2O/c1-3-5-13-16-8-9-17(13)12-7-4-6-11(15)14(12)10(2)18/h4,6-10,18H,3,5H2,1-2H3/t10-/m1/s1. The monoisotopic (exact) mass is 248 g/mol. The maximum absolute atomic E-state index is 13.8. The third-order valence-electron chi connectivity index (χ3n) is 2.90. The van der Waals surface area contributed by atoms with E-state index in [0.29, 0.717) is 11.3 Å². The lowest BCUT2D eigenvalue weighted by molar-refractivity contribution is 0.194. The van der Waals surface area contributed by atoms with Crippen LogP contribution in [0, 0.1) is 5.82 Å². The first-order chi connectivity index (χ1) is 8.65. The SMILES string of the molecule is CCCc1nccn1-c1cccc(F)c1[C@@H](C)O. The number of aliphatic hydroxyl groups is 1. The molecule has 96 valence electrons. The Bertz CT molecular complexity index is 534. The van der Waals surface area contributed by atoms with Gasteiger partial charge in [-0.1, -0.05) is 13.0 Å². The number of hydrogen-bond acceptors (Lipinski definition) is 2. The molecule has 1 heterocycles. The maximum atomic E-state index is 13.8. The largest absolute Gasteiger partial charge is 0.389 e. The Hall–Kier alpha value is -1.68. The molecule has 0 bridgehead atoms. The highest BCUT2D eigenvalue weighted by atomic mass is 19.1. The van der Waals surface area contributed by atoms with Gasteiger partial charge in [0.15, 0.2) is 0 Å². The molecule has 0 spiro atoms. The highest BCUT2D eigenvalue weighted by Gasteiger charge is 2.16. The number of hydrogen-bond donors (Lipinski definition) is 1. The van der Waals surface area contributed by atoms with E-state index in [0.717, 1.165) is 18.7 Å². The van der Waals surface area contributed by atoms with E-state index in [1.807, 2.05) is 4.57 Å². The van der Waals surface area contributed by atoms with Crippen LogP contribution in [-0.4, -0.2) is 14.7 Å². The molecular weight excluding hydrogens is 231 g/mol. The van der Waals surface area contributed by atoms with Crippen LogP contribution in [0.2, 0.25) is 0 Å². The fourth-order valence-corrected chi connectivity index (χ4v) is 2.11. The number of aryl methyl sites for hydroxylation is 1. The summed E-state index contributed by atoms with van der Waals surface area (Å²) < 4.78 is 15.7. The zero-order chi connectivity index (χ0) is 13.1. The van der Waals surface area contributed by atoms with E-state index >= 15 is 0 Å². The zero-order valence-electron chi connectivity index (χ0n) is 10.6. The number of aromatic nitrogens is 2. The topological polar surface area (TPSA) is 38.0 Å². The second-order valence-electron chi connectivity index (χ2n) is 4.31. The summed E-state index contributed by atoms with van der Waals surface area (Å²) >= 11 is 0. The molecule has 2 aromatic rings. The Morgan fingerprint density at radius 2 is 2.22 bits per heavy atom. The Morgan fingerprint density at radius 1 is 1.44 bits per heavy atom. The summed E-state index contributed by atoms with van der Waals surface area (Å²) in [6.07, 6.45) is 4.44. The minimum Gasteiger partial charge on any atom is -0.389 e. The maximum Gasteiger partial charge on any atom is 0.131 e. The average molecular weight is 248 g/mol. The Balaban J connectivity index is 2.56. The minimum absolute atomic E-state index is 0.313. The number of aliphatic hydroxyl groups excluding tert-OH is 1. The molecule has 0 radical (unpaired) electrons. The van der Waals surface area contributed by atoms with Gasteiger partial charge in [0.25, 0.3) is 0 Å². The smallest absolute Gasteiger partial charge is 0.131 e. The minimum atomic E-state index is -0.849. The van der Waals surface area contributed by atoms with Gasteiger partial charge >= 0.3 is 0 Å². The van der Waals surface area contributed by atoms with Gasteiger partial charge in [-0.15, -0.1) is 0 Å². The first kappa shape index (κ1) is 12.8. The molecule has 4 heteroatoms. The molecular formula is C14H17FN2O. The van der Waals surface area contributed by atoms with E-state index in [-0.39, 0.29) is 0 Å². The number of halogens is 1. The molecule has 2 rings (SSSR count). The second kappa shape index (κ2) is 5.31. The lowest BCUT2D eigenvalue weighted by atomic mass is 10.1. The van der Waals surface area contributed by atoms with E-state index in [9.17, 15) is 9.50 Å². The van der Waals surface area contributed by atoms with Crippen LogP contribution in [-0.2, 0) is 6.42 Å². The van der Waals surface area contributed by atoms with Gasteiger partial charge in [-0.3, -0.25) is 0 Å². The van der Waals surface area contributed by atoms with E-state index in [2.05, 4.69) is 11.9 Å². The molecule has 1 N–H and O–H groups in total. The van der Waals surface area contributed by atoms with Crippen molar-refractivity contribution >= 4 is 0 Å². The summed E-state index contributed by atoms with van der Waals surface area (Å²) in [4.78, 5) is 4.27. The van der Waals surface area contributed by atoms with Crippen LogP contribution in [0.25, 0.3) is 5.69 Å². The van der Waals surface area contributed by atoms with E-state index < -0.39 is 11.9 Å². The molecule has 0 aliphatic heterocycles. The van der Waals surface area contributed by atoms with Gasteiger partial charge in [-0.25, -0.2) is 9.37 Å². The Labute approximate surface area is 106 Å². The summed E-state index contributed by atoms with van der Waals surface area (Å²) in [5, 5.41) is 9.73. The van der Waals surface area contributed by atoms with Crippen LogP contribution in [0.4, 0.5) is 4.39 Å². The van der Waals surface area contributed by atoms with E-state index in [1.54, 1.807) is 31.5 Å². The van der Waals surface area contributed by atoms with Crippen LogP contribution in [0.3, 0.4) is 0 Å². The highest BCUT2D eigenvalue weighted by molar-refractivity contribution is 5.44. The van der Waals surface area contributed by atoms with Gasteiger partial charge < -0.3 is 9.67 Å². The van der Waals surface area contributed by atoms with Crippen LogP contribution < -0.4 is 0 Å². The van der Waals surface area contributed by atoms with Crippen molar-refractivity contribution in [2.45, 2.75) is 32.8 Å². The predicted octanol–water partition coefficient (Wildman–Crippen LogP) is 3.02. The van der Waals surface area contributed by atoms with Crippen LogP contribution >= 0.6 is 0 Å². The lowest BCUT2D eigenvalue weighted by Crippen LogP contribution is -2.07. The number of nitrogens with zero attached hydrogens (tertiary/aromatic N) is 2. The van der Waals surface area contributed by atoms with Gasteiger partial charge in [0.05, 0.1) is 11.8 Å². The highest BCUT2D eigenvalue weighted by Crippen LogP contribution is 2.25. The lowest BCUT2D eigenvalue weighted by Gasteiger charge is -2.15. The fraction of sp³-hybridized carbons (Fsp3) is 0.357.